The second kappa shape index (κ2) is 6.10. The Kier molecular flexibility index (Phi) is 4.49. The number of benzene rings is 2. The van der Waals surface area contributed by atoms with Crippen molar-refractivity contribution in [3.63, 3.8) is 0 Å². The largest absolute Gasteiger partial charge is 0.388 e. The van der Waals surface area contributed by atoms with E-state index in [1.807, 2.05) is 54.6 Å². The summed E-state index contributed by atoms with van der Waals surface area (Å²) in [7, 11) is 0. The molecule has 0 amide bonds. The van der Waals surface area contributed by atoms with Gasteiger partial charge in [-0.25, -0.2) is 0 Å². The lowest BCUT2D eigenvalue weighted by atomic mass is 10.1. The summed E-state index contributed by atoms with van der Waals surface area (Å²) in [5.74, 6) is 0.629. The molecular weight excluding hydrogens is 252 g/mol. The predicted octanol–water partition coefficient (Wildman–Crippen LogP) is 4.17. The van der Waals surface area contributed by atoms with Crippen molar-refractivity contribution in [2.75, 3.05) is 5.75 Å². The summed E-state index contributed by atoms with van der Waals surface area (Å²) < 4.78 is 0. The van der Waals surface area contributed by atoms with Gasteiger partial charge in [-0.1, -0.05) is 48.0 Å². The molecule has 2 aromatic carbocycles. The molecule has 88 valence electrons. The summed E-state index contributed by atoms with van der Waals surface area (Å²) in [6.07, 6.45) is -0.444. The van der Waals surface area contributed by atoms with Crippen LogP contribution in [-0.4, -0.2) is 10.9 Å². The molecule has 1 N–H and O–H groups in total. The zero-order valence-corrected chi connectivity index (χ0v) is 10.8. The van der Waals surface area contributed by atoms with E-state index in [1.54, 1.807) is 11.8 Å². The summed E-state index contributed by atoms with van der Waals surface area (Å²) in [6, 6.07) is 17.3. The van der Waals surface area contributed by atoms with Crippen LogP contribution in [-0.2, 0) is 0 Å². The highest BCUT2D eigenvalue weighted by Crippen LogP contribution is 2.26. The zero-order chi connectivity index (χ0) is 12.1. The second-order valence-electron chi connectivity index (χ2n) is 3.69. The molecule has 0 aliphatic carbocycles. The lowest BCUT2D eigenvalue weighted by Gasteiger charge is -2.10. The van der Waals surface area contributed by atoms with Crippen LogP contribution < -0.4 is 0 Å². The van der Waals surface area contributed by atoms with Gasteiger partial charge < -0.3 is 5.11 Å². The van der Waals surface area contributed by atoms with Gasteiger partial charge >= 0.3 is 0 Å². The molecule has 17 heavy (non-hydrogen) atoms. The SMILES string of the molecule is OC(CSc1cccc(Cl)c1)c1ccccc1. The molecule has 0 saturated heterocycles. The van der Waals surface area contributed by atoms with Gasteiger partial charge in [0.2, 0.25) is 0 Å². The average molecular weight is 265 g/mol. The minimum absolute atomic E-state index is 0.444. The number of aliphatic hydroxyl groups is 1. The maximum Gasteiger partial charge on any atom is 0.0883 e. The van der Waals surface area contributed by atoms with Crippen LogP contribution >= 0.6 is 23.4 Å². The second-order valence-corrected chi connectivity index (χ2v) is 5.22. The van der Waals surface area contributed by atoms with E-state index in [0.29, 0.717) is 5.75 Å². The summed E-state index contributed by atoms with van der Waals surface area (Å²) in [4.78, 5) is 1.08. The lowest BCUT2D eigenvalue weighted by Crippen LogP contribution is -1.99. The molecule has 0 aliphatic rings. The standard InChI is InChI=1S/C14H13ClOS/c15-12-7-4-8-13(9-12)17-10-14(16)11-5-2-1-3-6-11/h1-9,14,16H,10H2. The topological polar surface area (TPSA) is 20.2 Å². The van der Waals surface area contributed by atoms with Crippen LogP contribution in [0.5, 0.6) is 0 Å². The number of hydrogen-bond donors (Lipinski definition) is 1. The van der Waals surface area contributed by atoms with E-state index in [2.05, 4.69) is 0 Å². The van der Waals surface area contributed by atoms with Gasteiger partial charge in [-0.2, -0.15) is 0 Å². The molecular formula is C14H13ClOS. The number of thioether (sulfide) groups is 1. The molecule has 1 nitrogen and oxygen atoms in total. The third-order valence-electron chi connectivity index (χ3n) is 2.39. The highest BCUT2D eigenvalue weighted by atomic mass is 35.5. The molecule has 2 rings (SSSR count). The Morgan fingerprint density at radius 1 is 1.06 bits per heavy atom. The van der Waals surface area contributed by atoms with Crippen molar-refractivity contribution in [3.8, 4) is 0 Å². The van der Waals surface area contributed by atoms with E-state index < -0.39 is 6.10 Å². The van der Waals surface area contributed by atoms with Crippen molar-refractivity contribution in [2.24, 2.45) is 0 Å². The average Bonchev–Trinajstić information content (AvgIpc) is 2.37. The first-order chi connectivity index (χ1) is 8.25. The van der Waals surface area contributed by atoms with Gasteiger partial charge in [0.15, 0.2) is 0 Å². The first kappa shape index (κ1) is 12.5. The predicted molar refractivity (Wildman–Crippen MR) is 73.6 cm³/mol. The van der Waals surface area contributed by atoms with Gasteiger partial charge in [-0.05, 0) is 23.8 Å². The molecule has 0 heterocycles. The number of hydrogen-bond acceptors (Lipinski definition) is 2. The van der Waals surface area contributed by atoms with Crippen LogP contribution in [0, 0.1) is 0 Å². The molecule has 1 atom stereocenters. The molecule has 1 unspecified atom stereocenters. The maximum atomic E-state index is 10.00. The molecule has 0 spiro atoms. The molecule has 2 aromatic rings. The van der Waals surface area contributed by atoms with Crippen molar-refractivity contribution in [1.29, 1.82) is 0 Å². The minimum atomic E-state index is -0.444. The Labute approximate surface area is 110 Å². The van der Waals surface area contributed by atoms with Crippen molar-refractivity contribution in [3.05, 3.63) is 65.2 Å². The van der Waals surface area contributed by atoms with Gasteiger partial charge in [0, 0.05) is 15.7 Å². The first-order valence-electron chi connectivity index (χ1n) is 5.37. The molecule has 0 radical (unpaired) electrons. The summed E-state index contributed by atoms with van der Waals surface area (Å²) >= 11 is 7.50. The van der Waals surface area contributed by atoms with Crippen LogP contribution in [0.1, 0.15) is 11.7 Å². The Bertz CT molecular complexity index is 473. The molecule has 3 heteroatoms. The fourth-order valence-corrected chi connectivity index (χ4v) is 2.69. The van der Waals surface area contributed by atoms with Gasteiger partial charge in [-0.15, -0.1) is 11.8 Å². The number of halogens is 1. The Hall–Kier alpha value is -0.960. The van der Waals surface area contributed by atoms with Crippen LogP contribution in [0.4, 0.5) is 0 Å². The van der Waals surface area contributed by atoms with Gasteiger partial charge in [0.05, 0.1) is 6.10 Å². The third kappa shape index (κ3) is 3.77. The maximum absolute atomic E-state index is 10.00. The van der Waals surface area contributed by atoms with Crippen LogP contribution in [0.2, 0.25) is 5.02 Å². The van der Waals surface area contributed by atoms with E-state index in [0.717, 1.165) is 15.5 Å². The number of aliphatic hydroxyl groups excluding tert-OH is 1. The van der Waals surface area contributed by atoms with E-state index in [-0.39, 0.29) is 0 Å². The summed E-state index contributed by atoms with van der Waals surface area (Å²) in [6.45, 7) is 0. The molecule has 0 aromatic heterocycles. The molecule has 0 bridgehead atoms. The van der Waals surface area contributed by atoms with Crippen LogP contribution in [0.15, 0.2) is 59.5 Å². The Morgan fingerprint density at radius 2 is 1.82 bits per heavy atom. The van der Waals surface area contributed by atoms with E-state index in [9.17, 15) is 5.11 Å². The fraction of sp³-hybridized carbons (Fsp3) is 0.143. The Balaban J connectivity index is 1.95. The van der Waals surface area contributed by atoms with E-state index in [1.165, 1.54) is 0 Å². The third-order valence-corrected chi connectivity index (χ3v) is 3.69. The zero-order valence-electron chi connectivity index (χ0n) is 9.21. The van der Waals surface area contributed by atoms with Crippen molar-refractivity contribution in [1.82, 2.24) is 0 Å². The number of rotatable bonds is 4. The molecule has 0 saturated carbocycles. The molecule has 0 aliphatic heterocycles. The quantitative estimate of drug-likeness (QED) is 0.837. The van der Waals surface area contributed by atoms with Gasteiger partial charge in [0.1, 0.15) is 0 Å². The van der Waals surface area contributed by atoms with Gasteiger partial charge in [0.25, 0.3) is 0 Å². The summed E-state index contributed by atoms with van der Waals surface area (Å²) in [5.41, 5.74) is 0.946. The summed E-state index contributed by atoms with van der Waals surface area (Å²) in [5, 5.41) is 10.7. The monoisotopic (exact) mass is 264 g/mol. The van der Waals surface area contributed by atoms with E-state index >= 15 is 0 Å². The Morgan fingerprint density at radius 3 is 2.53 bits per heavy atom. The highest BCUT2D eigenvalue weighted by Gasteiger charge is 2.07. The normalized spacial score (nSPS) is 12.4. The van der Waals surface area contributed by atoms with Crippen LogP contribution in [0.25, 0.3) is 0 Å². The highest BCUT2D eigenvalue weighted by molar-refractivity contribution is 7.99. The minimum Gasteiger partial charge on any atom is -0.388 e. The van der Waals surface area contributed by atoms with Crippen molar-refractivity contribution >= 4 is 23.4 Å². The lowest BCUT2D eigenvalue weighted by molar-refractivity contribution is 0.204. The van der Waals surface area contributed by atoms with Crippen LogP contribution in [0.3, 0.4) is 0 Å². The smallest absolute Gasteiger partial charge is 0.0883 e. The van der Waals surface area contributed by atoms with Crippen molar-refractivity contribution in [2.45, 2.75) is 11.0 Å². The first-order valence-corrected chi connectivity index (χ1v) is 6.73. The van der Waals surface area contributed by atoms with E-state index in [4.69, 9.17) is 11.6 Å². The van der Waals surface area contributed by atoms with Gasteiger partial charge in [-0.3, -0.25) is 0 Å². The van der Waals surface area contributed by atoms with Crippen molar-refractivity contribution < 1.29 is 5.11 Å². The fourth-order valence-electron chi connectivity index (χ4n) is 1.50. The molecule has 0 fully saturated rings.